The van der Waals surface area contributed by atoms with Crippen molar-refractivity contribution in [3.05, 3.63) is 91.0 Å². The summed E-state index contributed by atoms with van der Waals surface area (Å²) in [6.07, 6.45) is 0. The summed E-state index contributed by atoms with van der Waals surface area (Å²) in [5, 5.41) is 15.8. The zero-order valence-corrected chi connectivity index (χ0v) is 14.7. The van der Waals surface area contributed by atoms with E-state index in [4.69, 9.17) is 0 Å². The average Bonchev–Trinajstić information content (AvgIpc) is 2.64. The van der Waals surface area contributed by atoms with Crippen LogP contribution in [0, 0.1) is 10.7 Å². The Labute approximate surface area is 141 Å². The molecule has 0 saturated heterocycles. The van der Waals surface area contributed by atoms with Crippen LogP contribution in [0.5, 0.6) is 0 Å². The number of nitrogens with zero attached hydrogens (tertiary/aromatic N) is 1. The van der Waals surface area contributed by atoms with Crippen LogP contribution in [-0.4, -0.2) is 6.66 Å². The maximum absolute atomic E-state index is 9.70. The molecule has 0 heterocycles. The molecule has 0 aliphatic carbocycles. The van der Waals surface area contributed by atoms with Crippen molar-refractivity contribution in [3.8, 4) is 5.40 Å². The van der Waals surface area contributed by atoms with Gasteiger partial charge in [0.15, 0.2) is 0 Å². The Bertz CT molecular complexity index is 726. The molecule has 3 rings (SSSR count). The third kappa shape index (κ3) is 2.47. The van der Waals surface area contributed by atoms with Gasteiger partial charge in [-0.2, -0.15) is 0 Å². The van der Waals surface area contributed by atoms with Gasteiger partial charge in [-0.1, -0.05) is 0 Å². The topological polar surface area (TPSA) is 23.8 Å². The molecule has 0 aliphatic rings. The molecule has 0 unspecified atom stereocenters. The van der Waals surface area contributed by atoms with Crippen molar-refractivity contribution in [1.82, 2.24) is 0 Å². The first-order valence-corrected chi connectivity index (χ1v) is 11.6. The predicted molar refractivity (Wildman–Crippen MR) is 104 cm³/mol. The van der Waals surface area contributed by atoms with Gasteiger partial charge in [-0.3, -0.25) is 0 Å². The van der Waals surface area contributed by atoms with E-state index in [1.165, 1.54) is 27.3 Å². The summed E-state index contributed by atoms with van der Waals surface area (Å²) < 4.78 is 0. The van der Waals surface area contributed by atoms with Gasteiger partial charge in [-0.15, -0.1) is 0 Å². The Balaban J connectivity index is 2.44. The fraction of sp³-hybridized carbons (Fsp3) is 0.0500. The molecule has 0 aliphatic heterocycles. The van der Waals surface area contributed by atoms with Crippen LogP contribution < -0.4 is 15.9 Å². The van der Waals surface area contributed by atoms with Crippen LogP contribution in [0.2, 0.25) is 0 Å². The number of hydrogen-bond acceptors (Lipinski definition) is 2. The van der Waals surface area contributed by atoms with Gasteiger partial charge in [-0.25, -0.2) is 0 Å². The van der Waals surface area contributed by atoms with E-state index in [9.17, 15) is 5.26 Å². The molecule has 0 radical (unpaired) electrons. The van der Waals surface area contributed by atoms with Crippen molar-refractivity contribution in [1.29, 1.82) is 5.26 Å². The Morgan fingerprint density at radius 1 is 0.652 bits per heavy atom. The molecule has 0 bridgehead atoms. The summed E-state index contributed by atoms with van der Waals surface area (Å²) in [5.74, 6) is -2.87. The fourth-order valence-corrected chi connectivity index (χ4v) is 9.81. The molecule has 0 spiro atoms. The Kier molecular flexibility index (Phi) is 4.26. The van der Waals surface area contributed by atoms with E-state index in [0.717, 1.165) is 0 Å². The van der Waals surface area contributed by atoms with Crippen molar-refractivity contribution in [3.63, 3.8) is 0 Å². The number of thiocyanates is 1. The third-order valence-corrected chi connectivity index (χ3v) is 13.1. The number of hydrogen-bond donors (Lipinski definition) is 0. The van der Waals surface area contributed by atoms with E-state index in [0.29, 0.717) is 0 Å². The van der Waals surface area contributed by atoms with Crippen LogP contribution >= 0.6 is 17.2 Å². The van der Waals surface area contributed by atoms with Crippen LogP contribution in [0.4, 0.5) is 0 Å². The zero-order valence-electron chi connectivity index (χ0n) is 13.0. The number of benzene rings is 3. The second kappa shape index (κ2) is 6.20. The first-order valence-electron chi connectivity index (χ1n) is 7.46. The molecule has 0 atom stereocenters. The summed E-state index contributed by atoms with van der Waals surface area (Å²) in [4.78, 5) is 0. The van der Waals surface area contributed by atoms with E-state index < -0.39 is 5.81 Å². The summed E-state index contributed by atoms with van der Waals surface area (Å²) in [6, 6.07) is 31.4. The molecule has 0 saturated carbocycles. The molecule has 0 N–H and O–H groups in total. The van der Waals surface area contributed by atoms with Gasteiger partial charge in [0.2, 0.25) is 0 Å². The Morgan fingerprint density at radius 2 is 0.957 bits per heavy atom. The monoisotopic (exact) mass is 335 g/mol. The number of rotatable bonds is 4. The van der Waals surface area contributed by atoms with E-state index >= 15 is 0 Å². The molecule has 114 valence electrons. The van der Waals surface area contributed by atoms with Gasteiger partial charge in [0, 0.05) is 0 Å². The van der Waals surface area contributed by atoms with Gasteiger partial charge in [0.05, 0.1) is 0 Å². The van der Waals surface area contributed by atoms with Gasteiger partial charge < -0.3 is 0 Å². The second-order valence-corrected chi connectivity index (χ2v) is 13.8. The Morgan fingerprint density at radius 3 is 1.22 bits per heavy atom. The van der Waals surface area contributed by atoms with Crippen LogP contribution in [-0.2, 0) is 0 Å². The quantitative estimate of drug-likeness (QED) is 0.525. The molecule has 3 heteroatoms. The normalized spacial score (nSPS) is 12.8. The first-order chi connectivity index (χ1) is 11.2. The summed E-state index contributed by atoms with van der Waals surface area (Å²) in [5.41, 5.74) is 0. The maximum atomic E-state index is 9.70. The molecular formula is C20H18NPS. The fourth-order valence-electron chi connectivity index (χ4n) is 3.07. The molecule has 0 aromatic heterocycles. The van der Waals surface area contributed by atoms with Crippen LogP contribution in [0.1, 0.15) is 0 Å². The summed E-state index contributed by atoms with van der Waals surface area (Å²) >= 11 is 1.42. The molecular weight excluding hydrogens is 317 g/mol. The van der Waals surface area contributed by atoms with Crippen molar-refractivity contribution in [2.45, 2.75) is 0 Å². The van der Waals surface area contributed by atoms with Gasteiger partial charge >= 0.3 is 141 Å². The number of nitriles is 1. The predicted octanol–water partition coefficient (Wildman–Crippen LogP) is 4.28. The van der Waals surface area contributed by atoms with E-state index in [1.54, 1.807) is 0 Å². The standard InChI is InChI=1S/C20H18NPS/c1-22(23-17-21,18-11-5-2-6-12-18,19-13-7-3-8-14-19)20-15-9-4-10-16-20/h2-16H,1H3. The third-order valence-electron chi connectivity index (χ3n) is 4.40. The van der Waals surface area contributed by atoms with Crippen LogP contribution in [0.3, 0.4) is 0 Å². The Hall–Kier alpha value is -2.07. The molecule has 1 nitrogen and oxygen atoms in total. The zero-order chi connectivity index (χ0) is 16.2. The van der Waals surface area contributed by atoms with E-state index in [-0.39, 0.29) is 0 Å². The van der Waals surface area contributed by atoms with Gasteiger partial charge in [0.25, 0.3) is 0 Å². The second-order valence-electron chi connectivity index (χ2n) is 5.65. The molecule has 3 aromatic rings. The van der Waals surface area contributed by atoms with Gasteiger partial charge in [0.1, 0.15) is 0 Å². The molecule has 3 aromatic carbocycles. The van der Waals surface area contributed by atoms with Crippen LogP contribution in [0.15, 0.2) is 91.0 Å². The van der Waals surface area contributed by atoms with E-state index in [2.05, 4.69) is 84.9 Å². The van der Waals surface area contributed by atoms with Crippen molar-refractivity contribution in [2.24, 2.45) is 0 Å². The minimum absolute atomic E-state index is 1.22. The van der Waals surface area contributed by atoms with Crippen molar-refractivity contribution < 1.29 is 0 Å². The van der Waals surface area contributed by atoms with Crippen molar-refractivity contribution in [2.75, 3.05) is 6.66 Å². The molecule has 0 amide bonds. The molecule has 23 heavy (non-hydrogen) atoms. The first kappa shape index (κ1) is 15.8. The summed E-state index contributed by atoms with van der Waals surface area (Å²) in [6.45, 7) is 2.28. The van der Waals surface area contributed by atoms with Crippen LogP contribution in [0.25, 0.3) is 0 Å². The average molecular weight is 335 g/mol. The molecule has 0 fully saturated rings. The van der Waals surface area contributed by atoms with E-state index in [1.807, 2.05) is 18.2 Å². The SMILES string of the molecule is CP(SC#N)(c1ccccc1)(c1ccccc1)c1ccccc1. The summed E-state index contributed by atoms with van der Waals surface area (Å²) in [7, 11) is 0. The van der Waals surface area contributed by atoms with Crippen molar-refractivity contribution >= 4 is 33.1 Å². The van der Waals surface area contributed by atoms with Gasteiger partial charge in [-0.05, 0) is 0 Å². The minimum atomic E-state index is -2.87.